The molecule has 22 heavy (non-hydrogen) atoms. The first-order chi connectivity index (χ1) is 10.4. The van der Waals surface area contributed by atoms with Crippen molar-refractivity contribution in [1.29, 1.82) is 0 Å². The van der Waals surface area contributed by atoms with E-state index < -0.39 is 0 Å². The number of carbonyl (C=O) groups is 1. The normalized spacial score (nSPS) is 11.3. The van der Waals surface area contributed by atoms with Crippen molar-refractivity contribution in [3.63, 3.8) is 0 Å². The Morgan fingerprint density at radius 1 is 1.27 bits per heavy atom. The molecule has 2 rings (SSSR count). The first-order valence-electron chi connectivity index (χ1n) is 7.27. The molecular weight excluding hydrogens is 296 g/mol. The Kier molecular flexibility index (Phi) is 5.19. The Labute approximate surface area is 135 Å². The summed E-state index contributed by atoms with van der Waals surface area (Å²) >= 11 is 1.62. The average Bonchev–Trinajstić information content (AvgIpc) is 2.95. The molecule has 0 radical (unpaired) electrons. The van der Waals surface area contributed by atoms with Gasteiger partial charge in [-0.05, 0) is 24.3 Å². The monoisotopic (exact) mass is 318 g/mol. The van der Waals surface area contributed by atoms with Crippen molar-refractivity contribution in [3.8, 4) is 5.75 Å². The van der Waals surface area contributed by atoms with Gasteiger partial charge in [-0.2, -0.15) is 0 Å². The molecule has 0 unspecified atom stereocenters. The lowest BCUT2D eigenvalue weighted by atomic mass is 9.93. The second-order valence-corrected chi connectivity index (χ2v) is 7.10. The van der Waals surface area contributed by atoms with Crippen molar-refractivity contribution in [2.45, 2.75) is 39.0 Å². The number of anilines is 1. The number of methoxy groups -OCH3 is 1. The zero-order valence-corrected chi connectivity index (χ0v) is 14.3. The molecule has 0 fully saturated rings. The molecule has 1 aromatic carbocycles. The summed E-state index contributed by atoms with van der Waals surface area (Å²) in [5.41, 5.74) is 1.92. The van der Waals surface area contributed by atoms with E-state index in [4.69, 9.17) is 4.74 Å². The Morgan fingerprint density at radius 3 is 2.50 bits per heavy atom. The lowest BCUT2D eigenvalue weighted by Crippen LogP contribution is -2.13. The molecule has 0 saturated carbocycles. The van der Waals surface area contributed by atoms with Gasteiger partial charge >= 0.3 is 0 Å². The second kappa shape index (κ2) is 6.92. The van der Waals surface area contributed by atoms with Gasteiger partial charge in [0.05, 0.1) is 17.8 Å². The number of nitrogens with one attached hydrogen (secondary N) is 1. The topological polar surface area (TPSA) is 51.2 Å². The Hall–Kier alpha value is -1.88. The molecule has 0 atom stereocenters. The van der Waals surface area contributed by atoms with Crippen LogP contribution in [0.1, 0.15) is 37.9 Å². The van der Waals surface area contributed by atoms with Crippen molar-refractivity contribution >= 4 is 22.9 Å². The molecule has 1 amide bonds. The van der Waals surface area contributed by atoms with Gasteiger partial charge in [-0.1, -0.05) is 20.8 Å². The molecule has 2 aromatic rings. The van der Waals surface area contributed by atoms with Crippen molar-refractivity contribution in [1.82, 2.24) is 4.98 Å². The molecule has 1 N–H and O–H groups in total. The SMILES string of the molecule is COc1ccc(NC(=O)CCc2nc(C(C)(C)C)cs2)cc1. The number of ether oxygens (including phenoxy) is 1. The molecule has 4 nitrogen and oxygen atoms in total. The van der Waals surface area contributed by atoms with Crippen LogP contribution in [0.4, 0.5) is 5.69 Å². The largest absolute Gasteiger partial charge is 0.497 e. The number of thiazole rings is 1. The maximum absolute atomic E-state index is 12.0. The summed E-state index contributed by atoms with van der Waals surface area (Å²) in [5.74, 6) is 0.771. The summed E-state index contributed by atoms with van der Waals surface area (Å²) in [6, 6.07) is 7.31. The summed E-state index contributed by atoms with van der Waals surface area (Å²) < 4.78 is 5.09. The molecule has 0 spiro atoms. The molecule has 0 aliphatic carbocycles. The highest BCUT2D eigenvalue weighted by Crippen LogP contribution is 2.24. The van der Waals surface area contributed by atoms with Gasteiger partial charge in [0.25, 0.3) is 0 Å². The van der Waals surface area contributed by atoms with E-state index in [1.165, 1.54) is 0 Å². The van der Waals surface area contributed by atoms with Crippen LogP contribution < -0.4 is 10.1 Å². The summed E-state index contributed by atoms with van der Waals surface area (Å²) in [6.45, 7) is 6.42. The van der Waals surface area contributed by atoms with Gasteiger partial charge in [-0.25, -0.2) is 4.98 Å². The van der Waals surface area contributed by atoms with Crippen LogP contribution in [0.2, 0.25) is 0 Å². The minimum atomic E-state index is -0.00215. The number of rotatable bonds is 5. The Bertz CT molecular complexity index is 627. The Balaban J connectivity index is 1.85. The van der Waals surface area contributed by atoms with Crippen LogP contribution in [-0.4, -0.2) is 18.0 Å². The van der Waals surface area contributed by atoms with Gasteiger partial charge in [-0.15, -0.1) is 11.3 Å². The van der Waals surface area contributed by atoms with Gasteiger partial charge in [0.1, 0.15) is 5.75 Å². The van der Waals surface area contributed by atoms with E-state index in [9.17, 15) is 4.79 Å². The number of amides is 1. The number of nitrogens with zero attached hydrogens (tertiary/aromatic N) is 1. The minimum absolute atomic E-state index is 0.00215. The van der Waals surface area contributed by atoms with Crippen molar-refractivity contribution in [2.75, 3.05) is 12.4 Å². The van der Waals surface area contributed by atoms with Crippen molar-refractivity contribution in [3.05, 3.63) is 40.3 Å². The van der Waals surface area contributed by atoms with Crippen molar-refractivity contribution < 1.29 is 9.53 Å². The lowest BCUT2D eigenvalue weighted by Gasteiger charge is -2.14. The van der Waals surface area contributed by atoms with Gasteiger partial charge < -0.3 is 10.1 Å². The summed E-state index contributed by atoms with van der Waals surface area (Å²) in [7, 11) is 1.62. The minimum Gasteiger partial charge on any atom is -0.497 e. The number of hydrogen-bond donors (Lipinski definition) is 1. The van der Waals surface area contributed by atoms with E-state index >= 15 is 0 Å². The Morgan fingerprint density at radius 2 is 1.95 bits per heavy atom. The van der Waals surface area contributed by atoms with Crippen LogP contribution >= 0.6 is 11.3 Å². The molecule has 118 valence electrons. The molecule has 0 saturated heterocycles. The fourth-order valence-electron chi connectivity index (χ4n) is 1.89. The summed E-state index contributed by atoms with van der Waals surface area (Å²) in [6.07, 6.45) is 1.10. The van der Waals surface area contributed by atoms with E-state index in [1.54, 1.807) is 18.4 Å². The number of hydrogen-bond acceptors (Lipinski definition) is 4. The van der Waals surface area contributed by atoms with E-state index in [2.05, 4.69) is 36.5 Å². The van der Waals surface area contributed by atoms with E-state index in [0.717, 1.165) is 22.1 Å². The number of aromatic nitrogens is 1. The summed E-state index contributed by atoms with van der Waals surface area (Å²) in [5, 5.41) is 5.97. The number of carbonyl (C=O) groups excluding carboxylic acids is 1. The van der Waals surface area contributed by atoms with E-state index in [0.29, 0.717) is 12.8 Å². The zero-order valence-electron chi connectivity index (χ0n) is 13.5. The molecule has 0 bridgehead atoms. The smallest absolute Gasteiger partial charge is 0.224 e. The van der Waals surface area contributed by atoms with Gasteiger partial charge in [0.15, 0.2) is 0 Å². The molecular formula is C17H22N2O2S. The van der Waals surface area contributed by atoms with Crippen LogP contribution in [0.25, 0.3) is 0 Å². The molecule has 1 aromatic heterocycles. The van der Waals surface area contributed by atoms with Crippen LogP contribution in [0.5, 0.6) is 5.75 Å². The number of aryl methyl sites for hydroxylation is 1. The van der Waals surface area contributed by atoms with Gasteiger partial charge in [0, 0.05) is 29.3 Å². The first kappa shape index (κ1) is 16.5. The highest BCUT2D eigenvalue weighted by molar-refractivity contribution is 7.09. The van der Waals surface area contributed by atoms with Crippen LogP contribution in [0, 0.1) is 0 Å². The summed E-state index contributed by atoms with van der Waals surface area (Å²) in [4.78, 5) is 16.6. The fourth-order valence-corrected chi connectivity index (χ4v) is 2.91. The molecule has 5 heteroatoms. The zero-order chi connectivity index (χ0) is 16.2. The first-order valence-corrected chi connectivity index (χ1v) is 8.15. The van der Waals surface area contributed by atoms with Crippen LogP contribution in [-0.2, 0) is 16.6 Å². The third kappa shape index (κ3) is 4.56. The molecule has 1 heterocycles. The standard InChI is InChI=1S/C17H22N2O2S/c1-17(2,3)14-11-22-16(19-14)10-9-15(20)18-12-5-7-13(21-4)8-6-12/h5-8,11H,9-10H2,1-4H3,(H,18,20). The van der Waals surface area contributed by atoms with E-state index in [-0.39, 0.29) is 11.3 Å². The quantitative estimate of drug-likeness (QED) is 0.906. The lowest BCUT2D eigenvalue weighted by molar-refractivity contribution is -0.116. The maximum Gasteiger partial charge on any atom is 0.224 e. The van der Waals surface area contributed by atoms with Gasteiger partial charge in [0.2, 0.25) is 5.91 Å². The van der Waals surface area contributed by atoms with Crippen molar-refractivity contribution in [2.24, 2.45) is 0 Å². The molecule has 0 aliphatic heterocycles. The second-order valence-electron chi connectivity index (χ2n) is 6.15. The highest BCUT2D eigenvalue weighted by Gasteiger charge is 2.17. The van der Waals surface area contributed by atoms with Gasteiger partial charge in [-0.3, -0.25) is 4.79 Å². The fraction of sp³-hybridized carbons (Fsp3) is 0.412. The average molecular weight is 318 g/mol. The predicted octanol–water partition coefficient (Wildman–Crippen LogP) is 4.02. The predicted molar refractivity (Wildman–Crippen MR) is 90.8 cm³/mol. The molecule has 0 aliphatic rings. The van der Waals surface area contributed by atoms with Crippen LogP contribution in [0.3, 0.4) is 0 Å². The number of benzene rings is 1. The van der Waals surface area contributed by atoms with Crippen LogP contribution in [0.15, 0.2) is 29.6 Å². The van der Waals surface area contributed by atoms with E-state index in [1.807, 2.05) is 24.3 Å². The highest BCUT2D eigenvalue weighted by atomic mass is 32.1. The third-order valence-electron chi connectivity index (χ3n) is 3.26. The third-order valence-corrected chi connectivity index (χ3v) is 4.17. The maximum atomic E-state index is 12.0.